The first kappa shape index (κ1) is 17.4. The summed E-state index contributed by atoms with van der Waals surface area (Å²) >= 11 is 0. The molecule has 0 bridgehead atoms. The minimum atomic E-state index is -2.72. The first-order chi connectivity index (χ1) is 12.9. The number of rotatable bonds is 5. The maximum atomic E-state index is 12.8. The molecule has 3 aromatic rings. The molecule has 4 heterocycles. The number of amides is 1. The highest BCUT2D eigenvalue weighted by atomic mass is 19.3. The summed E-state index contributed by atoms with van der Waals surface area (Å²) in [4.78, 5) is 20.3. The number of carbonyl (C=O) groups excluding carboxylic acids is 1. The normalized spacial score (nSPS) is 18.3. The predicted octanol–water partition coefficient (Wildman–Crippen LogP) is 2.13. The Morgan fingerprint density at radius 3 is 2.89 bits per heavy atom. The van der Waals surface area contributed by atoms with Crippen molar-refractivity contribution in [2.24, 2.45) is 13.0 Å². The number of hydrogen-bond acceptors (Lipinski definition) is 5. The molecule has 1 aliphatic rings. The maximum Gasteiger partial charge on any atom is 0.333 e. The highest BCUT2D eigenvalue weighted by Gasteiger charge is 2.29. The minimum Gasteiger partial charge on any atom is -0.473 e. The van der Waals surface area contributed by atoms with E-state index in [2.05, 4.69) is 20.4 Å². The lowest BCUT2D eigenvalue weighted by Gasteiger charge is -2.20. The summed E-state index contributed by atoms with van der Waals surface area (Å²) in [5, 5.41) is 6.45. The van der Waals surface area contributed by atoms with Gasteiger partial charge in [0.2, 0.25) is 11.8 Å². The molecule has 4 rings (SSSR count). The Bertz CT molecular complexity index is 999. The molecule has 1 amide bonds. The van der Waals surface area contributed by atoms with Crippen LogP contribution in [0.3, 0.4) is 0 Å². The lowest BCUT2D eigenvalue weighted by atomic mass is 10.0. The topological polar surface area (TPSA) is 86.9 Å². The van der Waals surface area contributed by atoms with Crippen LogP contribution >= 0.6 is 0 Å². The molecule has 0 saturated carbocycles. The summed E-state index contributed by atoms with van der Waals surface area (Å²) < 4.78 is 34.1. The Hall–Kier alpha value is -3.04. The molecule has 0 spiro atoms. The number of ether oxygens (including phenoxy) is 1. The van der Waals surface area contributed by atoms with Crippen molar-refractivity contribution in [1.29, 1.82) is 0 Å². The van der Waals surface area contributed by atoms with Gasteiger partial charge in [-0.25, -0.2) is 14.6 Å². The van der Waals surface area contributed by atoms with Gasteiger partial charge < -0.3 is 14.6 Å². The molecular formula is C17H18F2N6O2. The summed E-state index contributed by atoms with van der Waals surface area (Å²) in [6.45, 7) is -0.286. The summed E-state index contributed by atoms with van der Waals surface area (Å²) in [6, 6.07) is 1.71. The van der Waals surface area contributed by atoms with E-state index in [1.807, 2.05) is 14.0 Å². The number of halogens is 2. The number of aromatic nitrogens is 5. The number of nitrogens with one attached hydrogen (secondary N) is 1. The molecule has 10 heteroatoms. The first-order valence-electron chi connectivity index (χ1n) is 8.50. The van der Waals surface area contributed by atoms with Gasteiger partial charge in [0, 0.05) is 37.7 Å². The second-order valence-electron chi connectivity index (χ2n) is 6.61. The summed E-state index contributed by atoms with van der Waals surface area (Å²) in [5.74, 6) is 0.384. The van der Waals surface area contributed by atoms with E-state index in [0.29, 0.717) is 45.8 Å². The van der Waals surface area contributed by atoms with E-state index in [-0.39, 0.29) is 17.9 Å². The average Bonchev–Trinajstić information content (AvgIpc) is 3.34. The largest absolute Gasteiger partial charge is 0.473 e. The Morgan fingerprint density at radius 2 is 2.22 bits per heavy atom. The number of aryl methyl sites for hydroxylation is 1. The van der Waals surface area contributed by atoms with Crippen LogP contribution in [0, 0.1) is 5.92 Å². The van der Waals surface area contributed by atoms with Crippen LogP contribution in [0.4, 0.5) is 8.78 Å². The van der Waals surface area contributed by atoms with Crippen LogP contribution in [0.25, 0.3) is 22.3 Å². The van der Waals surface area contributed by atoms with Gasteiger partial charge in [0.1, 0.15) is 11.6 Å². The van der Waals surface area contributed by atoms with Crippen LogP contribution in [0.5, 0.6) is 5.88 Å². The van der Waals surface area contributed by atoms with E-state index >= 15 is 0 Å². The van der Waals surface area contributed by atoms with Gasteiger partial charge >= 0.3 is 6.55 Å². The molecule has 1 N–H and O–H groups in total. The Labute approximate surface area is 153 Å². The van der Waals surface area contributed by atoms with Gasteiger partial charge in [-0.15, -0.1) is 0 Å². The molecule has 2 atom stereocenters. The zero-order valence-electron chi connectivity index (χ0n) is 14.8. The minimum absolute atomic E-state index is 0.00209. The SMILES string of the molecule is CC(Oc1nc(-c2cnn(C(F)F)c2)cc2ncn(C)c12)C1CNC(=O)C1. The second-order valence-corrected chi connectivity index (χ2v) is 6.61. The van der Waals surface area contributed by atoms with Gasteiger partial charge in [-0.05, 0) is 13.0 Å². The van der Waals surface area contributed by atoms with E-state index in [1.54, 1.807) is 17.0 Å². The molecule has 1 saturated heterocycles. The van der Waals surface area contributed by atoms with Crippen LogP contribution < -0.4 is 10.1 Å². The third kappa shape index (κ3) is 3.22. The first-order valence-corrected chi connectivity index (χ1v) is 8.50. The van der Waals surface area contributed by atoms with Crippen molar-refractivity contribution in [3.63, 3.8) is 0 Å². The lowest BCUT2D eigenvalue weighted by molar-refractivity contribution is -0.119. The maximum absolute atomic E-state index is 12.8. The molecule has 8 nitrogen and oxygen atoms in total. The number of alkyl halides is 2. The molecule has 27 heavy (non-hydrogen) atoms. The van der Waals surface area contributed by atoms with Crippen LogP contribution in [-0.2, 0) is 11.8 Å². The highest BCUT2D eigenvalue weighted by molar-refractivity contribution is 5.84. The Morgan fingerprint density at radius 1 is 1.41 bits per heavy atom. The van der Waals surface area contributed by atoms with E-state index in [0.717, 1.165) is 0 Å². The monoisotopic (exact) mass is 376 g/mol. The van der Waals surface area contributed by atoms with Crippen LogP contribution in [0.2, 0.25) is 0 Å². The molecule has 1 aliphatic heterocycles. The zero-order chi connectivity index (χ0) is 19.1. The third-order valence-electron chi connectivity index (χ3n) is 4.73. The van der Waals surface area contributed by atoms with Crippen molar-refractivity contribution in [3.8, 4) is 17.1 Å². The number of fused-ring (bicyclic) bond motifs is 1. The molecule has 142 valence electrons. The van der Waals surface area contributed by atoms with Crippen molar-refractivity contribution in [2.75, 3.05) is 6.54 Å². The number of carbonyl (C=O) groups is 1. The quantitative estimate of drug-likeness (QED) is 0.737. The molecule has 0 aliphatic carbocycles. The Kier molecular flexibility index (Phi) is 4.25. The lowest BCUT2D eigenvalue weighted by Crippen LogP contribution is -2.26. The molecule has 0 aromatic carbocycles. The second kappa shape index (κ2) is 6.60. The van der Waals surface area contributed by atoms with Gasteiger partial charge in [0.25, 0.3) is 0 Å². The van der Waals surface area contributed by atoms with Crippen LogP contribution in [-0.4, -0.2) is 42.9 Å². The van der Waals surface area contributed by atoms with Gasteiger partial charge in [-0.3, -0.25) is 4.79 Å². The van der Waals surface area contributed by atoms with E-state index in [4.69, 9.17) is 4.74 Å². The van der Waals surface area contributed by atoms with E-state index in [9.17, 15) is 13.6 Å². The number of pyridine rings is 1. The van der Waals surface area contributed by atoms with Crippen LogP contribution in [0.1, 0.15) is 19.9 Å². The van der Waals surface area contributed by atoms with Gasteiger partial charge in [0.05, 0.1) is 23.7 Å². The fourth-order valence-corrected chi connectivity index (χ4v) is 3.18. The summed E-state index contributed by atoms with van der Waals surface area (Å²) in [7, 11) is 1.82. The zero-order valence-corrected chi connectivity index (χ0v) is 14.8. The molecule has 2 unspecified atom stereocenters. The average molecular weight is 376 g/mol. The molecule has 1 fully saturated rings. The van der Waals surface area contributed by atoms with Crippen molar-refractivity contribution < 1.29 is 18.3 Å². The number of hydrogen-bond donors (Lipinski definition) is 1. The fraction of sp³-hybridized carbons (Fsp3) is 0.412. The van der Waals surface area contributed by atoms with E-state index in [1.165, 1.54) is 12.4 Å². The van der Waals surface area contributed by atoms with Crippen molar-refractivity contribution in [3.05, 3.63) is 24.8 Å². The highest BCUT2D eigenvalue weighted by Crippen LogP contribution is 2.30. The smallest absolute Gasteiger partial charge is 0.333 e. The molecular weight excluding hydrogens is 358 g/mol. The third-order valence-corrected chi connectivity index (χ3v) is 4.73. The van der Waals surface area contributed by atoms with Gasteiger partial charge in [-0.1, -0.05) is 0 Å². The standard InChI is InChI=1S/C17H18F2N6O2/c1-9(10-3-14(26)20-5-10)27-16-15-13(21-8-24(15)2)4-12(23-16)11-6-22-25(7-11)17(18)19/h4,6-10,17H,3,5H2,1-2H3,(H,20,26). The van der Waals surface area contributed by atoms with E-state index < -0.39 is 6.55 Å². The molecule has 3 aromatic heterocycles. The Balaban J connectivity index is 1.71. The fourth-order valence-electron chi connectivity index (χ4n) is 3.18. The van der Waals surface area contributed by atoms with Crippen LogP contribution in [0.15, 0.2) is 24.8 Å². The summed E-state index contributed by atoms with van der Waals surface area (Å²) in [6.07, 6.45) is 4.34. The van der Waals surface area contributed by atoms with Crippen molar-refractivity contribution in [1.82, 2.24) is 29.6 Å². The van der Waals surface area contributed by atoms with Gasteiger partial charge in [-0.2, -0.15) is 13.9 Å². The van der Waals surface area contributed by atoms with Gasteiger partial charge in [0.15, 0.2) is 0 Å². The van der Waals surface area contributed by atoms with Crippen molar-refractivity contribution in [2.45, 2.75) is 26.0 Å². The number of imidazole rings is 1. The van der Waals surface area contributed by atoms with Crippen molar-refractivity contribution >= 4 is 16.9 Å². The summed E-state index contributed by atoms with van der Waals surface area (Å²) in [5.41, 5.74) is 2.22. The predicted molar refractivity (Wildman–Crippen MR) is 92.2 cm³/mol. The number of nitrogens with zero attached hydrogens (tertiary/aromatic N) is 5. The molecule has 0 radical (unpaired) electrons.